The van der Waals surface area contributed by atoms with Gasteiger partial charge in [0.1, 0.15) is 0 Å². The van der Waals surface area contributed by atoms with E-state index in [1.54, 1.807) is 17.8 Å². The first-order valence-electron chi connectivity index (χ1n) is 6.44. The summed E-state index contributed by atoms with van der Waals surface area (Å²) in [5.41, 5.74) is 3.96. The minimum atomic E-state index is -0.403. The van der Waals surface area contributed by atoms with Gasteiger partial charge >= 0.3 is 0 Å². The zero-order chi connectivity index (χ0) is 14.8. The summed E-state index contributed by atoms with van der Waals surface area (Å²) in [6.07, 6.45) is 0. The fourth-order valence-electron chi connectivity index (χ4n) is 1.99. The van der Waals surface area contributed by atoms with Gasteiger partial charge in [0.15, 0.2) is 5.16 Å². The Labute approximate surface area is 125 Å². The van der Waals surface area contributed by atoms with Crippen molar-refractivity contribution in [2.45, 2.75) is 17.8 Å². The van der Waals surface area contributed by atoms with Gasteiger partial charge in [-0.3, -0.25) is 10.1 Å². The molecular weight excluding hydrogens is 286 g/mol. The van der Waals surface area contributed by atoms with Crippen LogP contribution in [0.2, 0.25) is 0 Å². The summed E-state index contributed by atoms with van der Waals surface area (Å²) >= 11 is 1.58. The third-order valence-electron chi connectivity index (χ3n) is 3.15. The lowest BCUT2D eigenvalue weighted by Crippen LogP contribution is -1.86. The van der Waals surface area contributed by atoms with Gasteiger partial charge in [-0.05, 0) is 18.6 Å². The molecule has 0 fully saturated rings. The second kappa shape index (κ2) is 5.57. The van der Waals surface area contributed by atoms with Crippen molar-refractivity contribution in [2.24, 2.45) is 0 Å². The van der Waals surface area contributed by atoms with Crippen molar-refractivity contribution in [1.29, 1.82) is 0 Å². The molecule has 6 heteroatoms. The van der Waals surface area contributed by atoms with Crippen LogP contribution in [0.4, 0.5) is 5.69 Å². The van der Waals surface area contributed by atoms with Crippen molar-refractivity contribution >= 4 is 28.5 Å². The maximum atomic E-state index is 10.8. The second-order valence-corrected chi connectivity index (χ2v) is 5.74. The van der Waals surface area contributed by atoms with E-state index >= 15 is 0 Å². The van der Waals surface area contributed by atoms with Gasteiger partial charge in [0.25, 0.3) is 5.69 Å². The molecule has 0 saturated carbocycles. The van der Waals surface area contributed by atoms with Crippen molar-refractivity contribution in [2.75, 3.05) is 0 Å². The van der Waals surface area contributed by atoms with Crippen LogP contribution in [0.3, 0.4) is 0 Å². The van der Waals surface area contributed by atoms with Gasteiger partial charge in [-0.15, -0.1) is 0 Å². The number of nitro benzene ring substituents is 1. The highest BCUT2D eigenvalue weighted by molar-refractivity contribution is 7.98. The molecule has 21 heavy (non-hydrogen) atoms. The summed E-state index contributed by atoms with van der Waals surface area (Å²) in [5.74, 6) is 0.808. The number of aromatic amines is 1. The molecule has 5 nitrogen and oxygen atoms in total. The van der Waals surface area contributed by atoms with Crippen LogP contribution in [0.25, 0.3) is 11.0 Å². The van der Waals surface area contributed by atoms with Gasteiger partial charge < -0.3 is 4.98 Å². The molecule has 2 aromatic carbocycles. The number of non-ortho nitro benzene ring substituents is 1. The maximum absolute atomic E-state index is 10.8. The summed E-state index contributed by atoms with van der Waals surface area (Å²) < 4.78 is 0. The van der Waals surface area contributed by atoms with Crippen LogP contribution in [-0.4, -0.2) is 14.9 Å². The van der Waals surface area contributed by atoms with Crippen LogP contribution in [0.15, 0.2) is 47.6 Å². The summed E-state index contributed by atoms with van der Waals surface area (Å²) in [5, 5.41) is 11.5. The Hall–Kier alpha value is -2.34. The number of rotatable bonds is 4. The minimum Gasteiger partial charge on any atom is -0.333 e. The number of hydrogen-bond donors (Lipinski definition) is 1. The lowest BCUT2D eigenvalue weighted by atomic mass is 10.2. The van der Waals surface area contributed by atoms with Crippen LogP contribution in [0.5, 0.6) is 0 Å². The molecule has 0 aliphatic carbocycles. The summed E-state index contributed by atoms with van der Waals surface area (Å²) in [7, 11) is 0. The van der Waals surface area contributed by atoms with E-state index in [0.29, 0.717) is 5.52 Å². The molecule has 1 heterocycles. The van der Waals surface area contributed by atoms with Crippen molar-refractivity contribution in [3.63, 3.8) is 0 Å². The number of fused-ring (bicyclic) bond motifs is 1. The molecule has 0 radical (unpaired) electrons. The summed E-state index contributed by atoms with van der Waals surface area (Å²) in [4.78, 5) is 17.9. The van der Waals surface area contributed by atoms with Crippen molar-refractivity contribution < 1.29 is 4.92 Å². The predicted octanol–water partition coefficient (Wildman–Crippen LogP) is 4.07. The second-order valence-electron chi connectivity index (χ2n) is 4.77. The van der Waals surface area contributed by atoms with E-state index in [0.717, 1.165) is 16.4 Å². The van der Waals surface area contributed by atoms with E-state index in [1.165, 1.54) is 23.3 Å². The molecule has 0 bridgehead atoms. The zero-order valence-corrected chi connectivity index (χ0v) is 12.2. The van der Waals surface area contributed by atoms with Crippen LogP contribution in [0, 0.1) is 17.0 Å². The Morgan fingerprint density at radius 3 is 2.71 bits per heavy atom. The molecule has 0 amide bonds. The molecule has 0 spiro atoms. The summed E-state index contributed by atoms with van der Waals surface area (Å²) in [6.45, 7) is 2.06. The fourth-order valence-corrected chi connectivity index (χ4v) is 2.83. The standard InChI is InChI=1S/C15H13N3O2S/c1-10-2-4-11(5-3-10)9-21-15-16-13-7-6-12(18(19)20)8-14(13)17-15/h2-8H,9H2,1H3,(H,16,17). The molecule has 106 valence electrons. The number of aryl methyl sites for hydroxylation is 1. The van der Waals surface area contributed by atoms with Crippen LogP contribution in [0.1, 0.15) is 11.1 Å². The van der Waals surface area contributed by atoms with E-state index in [4.69, 9.17) is 0 Å². The average molecular weight is 299 g/mol. The Bertz CT molecular complexity index is 796. The highest BCUT2D eigenvalue weighted by atomic mass is 32.2. The first-order chi connectivity index (χ1) is 10.1. The van der Waals surface area contributed by atoms with Crippen molar-refractivity contribution in [3.8, 4) is 0 Å². The smallest absolute Gasteiger partial charge is 0.271 e. The van der Waals surface area contributed by atoms with Gasteiger partial charge in [-0.1, -0.05) is 41.6 Å². The zero-order valence-electron chi connectivity index (χ0n) is 11.4. The molecule has 1 N–H and O–H groups in total. The normalized spacial score (nSPS) is 10.9. The number of aromatic nitrogens is 2. The van der Waals surface area contributed by atoms with E-state index in [2.05, 4.69) is 41.2 Å². The topological polar surface area (TPSA) is 71.8 Å². The van der Waals surface area contributed by atoms with E-state index < -0.39 is 4.92 Å². The Balaban J connectivity index is 1.78. The fraction of sp³-hybridized carbons (Fsp3) is 0.133. The quantitative estimate of drug-likeness (QED) is 0.448. The Morgan fingerprint density at radius 1 is 1.24 bits per heavy atom. The monoisotopic (exact) mass is 299 g/mol. The first-order valence-corrected chi connectivity index (χ1v) is 7.43. The number of nitrogens with zero attached hydrogens (tertiary/aromatic N) is 2. The largest absolute Gasteiger partial charge is 0.333 e. The number of imidazole rings is 1. The van der Waals surface area contributed by atoms with Gasteiger partial charge in [0, 0.05) is 17.9 Å². The number of H-pyrrole nitrogens is 1. The lowest BCUT2D eigenvalue weighted by molar-refractivity contribution is -0.384. The molecule has 0 aliphatic rings. The average Bonchev–Trinajstić information content (AvgIpc) is 2.88. The van der Waals surface area contributed by atoms with E-state index in [-0.39, 0.29) is 5.69 Å². The van der Waals surface area contributed by atoms with Gasteiger partial charge in [0.05, 0.1) is 16.0 Å². The molecule has 1 aromatic heterocycles. The highest BCUT2D eigenvalue weighted by Crippen LogP contribution is 2.25. The molecule has 3 aromatic rings. The molecule has 0 saturated heterocycles. The number of nitrogens with one attached hydrogen (secondary N) is 1. The van der Waals surface area contributed by atoms with Gasteiger partial charge in [-0.2, -0.15) is 0 Å². The van der Waals surface area contributed by atoms with Crippen LogP contribution >= 0.6 is 11.8 Å². The van der Waals surface area contributed by atoms with Crippen LogP contribution < -0.4 is 0 Å². The maximum Gasteiger partial charge on any atom is 0.271 e. The summed E-state index contributed by atoms with van der Waals surface area (Å²) in [6, 6.07) is 13.0. The van der Waals surface area contributed by atoms with Gasteiger partial charge in [0.2, 0.25) is 0 Å². The predicted molar refractivity (Wildman–Crippen MR) is 83.5 cm³/mol. The van der Waals surface area contributed by atoms with Crippen molar-refractivity contribution in [3.05, 3.63) is 63.7 Å². The lowest BCUT2D eigenvalue weighted by Gasteiger charge is -1.99. The molecular formula is C15H13N3O2S. The molecule has 0 unspecified atom stereocenters. The SMILES string of the molecule is Cc1ccc(CSc2nc3ccc([N+](=O)[O-])cc3[nH]2)cc1. The number of thioether (sulfide) groups is 1. The molecule has 0 aliphatic heterocycles. The number of benzene rings is 2. The third kappa shape index (κ3) is 3.05. The van der Waals surface area contributed by atoms with E-state index in [1.807, 2.05) is 0 Å². The van der Waals surface area contributed by atoms with Crippen LogP contribution in [-0.2, 0) is 5.75 Å². The molecule has 3 rings (SSSR count). The minimum absolute atomic E-state index is 0.0706. The third-order valence-corrected chi connectivity index (χ3v) is 4.10. The Kier molecular flexibility index (Phi) is 3.62. The Morgan fingerprint density at radius 2 is 2.00 bits per heavy atom. The van der Waals surface area contributed by atoms with Gasteiger partial charge in [-0.25, -0.2) is 4.98 Å². The molecule has 0 atom stereocenters. The first kappa shape index (κ1) is 13.6. The van der Waals surface area contributed by atoms with E-state index in [9.17, 15) is 10.1 Å². The number of nitro groups is 1. The number of hydrogen-bond acceptors (Lipinski definition) is 4. The van der Waals surface area contributed by atoms with Crippen molar-refractivity contribution in [1.82, 2.24) is 9.97 Å². The highest BCUT2D eigenvalue weighted by Gasteiger charge is 2.09.